The average Bonchev–Trinajstić information content (AvgIpc) is 2.84. The van der Waals surface area contributed by atoms with Crippen LogP contribution in [0.2, 0.25) is 0 Å². The minimum Gasteiger partial charge on any atom is -0.492 e. The quantitative estimate of drug-likeness (QED) is 0.252. The van der Waals surface area contributed by atoms with Crippen molar-refractivity contribution >= 4 is 23.0 Å². The van der Waals surface area contributed by atoms with Crippen LogP contribution >= 0.6 is 0 Å². The highest BCUT2D eigenvalue weighted by Gasteiger charge is 2.13. The number of benzene rings is 3. The molecule has 0 bridgehead atoms. The molecule has 1 saturated heterocycles. The fourth-order valence-electron chi connectivity index (χ4n) is 4.67. The molecule has 5 N–H and O–H groups in total. The van der Waals surface area contributed by atoms with Crippen LogP contribution in [0.1, 0.15) is 18.1 Å². The highest BCUT2D eigenvalue weighted by Crippen LogP contribution is 2.35. The number of hydrogen-bond donors (Lipinski definition) is 3. The lowest BCUT2D eigenvalue weighted by atomic mass is 9.94. The predicted octanol–water partition coefficient (Wildman–Crippen LogP) is 4.79. The van der Waals surface area contributed by atoms with E-state index in [9.17, 15) is 0 Å². The SMILES string of the molecule is Cc1cc(-c2c(C)cccc2C)cc(N)c1N=C(N)Nc1ccc(OCCN2CCN(C)CC2)cc1.[HH]. The highest BCUT2D eigenvalue weighted by atomic mass is 16.5. The molecule has 0 amide bonds. The van der Waals surface area contributed by atoms with Gasteiger partial charge >= 0.3 is 0 Å². The first-order valence-electron chi connectivity index (χ1n) is 12.5. The Labute approximate surface area is 216 Å². The normalized spacial score (nSPS) is 15.2. The third-order valence-electron chi connectivity index (χ3n) is 6.73. The van der Waals surface area contributed by atoms with E-state index in [0.29, 0.717) is 18.0 Å². The summed E-state index contributed by atoms with van der Waals surface area (Å²) in [5.41, 5.74) is 20.5. The molecule has 0 spiro atoms. The second-order valence-electron chi connectivity index (χ2n) is 9.64. The molecule has 3 aromatic rings. The maximum atomic E-state index is 6.42. The molecule has 0 aliphatic carbocycles. The third-order valence-corrected chi connectivity index (χ3v) is 6.73. The summed E-state index contributed by atoms with van der Waals surface area (Å²) in [6, 6.07) is 18.2. The molecule has 0 unspecified atom stereocenters. The molecule has 7 nitrogen and oxygen atoms in total. The van der Waals surface area contributed by atoms with Crippen molar-refractivity contribution in [2.24, 2.45) is 10.7 Å². The number of aliphatic imine (C=N–C) groups is 1. The number of nitrogen functional groups attached to an aromatic ring is 1. The van der Waals surface area contributed by atoms with Crippen LogP contribution in [0.5, 0.6) is 5.75 Å². The Balaban J connectivity index is 0.00000380. The fourth-order valence-corrected chi connectivity index (χ4v) is 4.67. The highest BCUT2D eigenvalue weighted by molar-refractivity contribution is 5.95. The Morgan fingerprint density at radius 3 is 2.28 bits per heavy atom. The molecule has 0 radical (unpaired) electrons. The number of aryl methyl sites for hydroxylation is 3. The van der Waals surface area contributed by atoms with Crippen molar-refractivity contribution in [2.45, 2.75) is 20.8 Å². The minimum absolute atomic E-state index is 0. The zero-order chi connectivity index (χ0) is 25.7. The van der Waals surface area contributed by atoms with Crippen molar-refractivity contribution in [1.29, 1.82) is 0 Å². The molecule has 1 heterocycles. The molecule has 7 heteroatoms. The second-order valence-corrected chi connectivity index (χ2v) is 9.64. The standard InChI is InChI=1S/C29H38N6O.H2/c1-20-6-5-7-21(2)27(20)23-18-22(3)28(26(30)19-23)33-29(31)32-24-8-10-25(11-9-24)36-17-16-35-14-12-34(4)13-15-35;/h5-11,18-19H,12-17,30H2,1-4H3,(H3,31,32,33);1H. The number of piperazine rings is 1. The fraction of sp³-hybridized carbons (Fsp3) is 0.345. The van der Waals surface area contributed by atoms with Gasteiger partial charge in [0.25, 0.3) is 0 Å². The summed E-state index contributed by atoms with van der Waals surface area (Å²) < 4.78 is 5.93. The lowest BCUT2D eigenvalue weighted by molar-refractivity contribution is 0.134. The first-order chi connectivity index (χ1) is 17.3. The molecule has 1 aliphatic heterocycles. The summed E-state index contributed by atoms with van der Waals surface area (Å²) in [7, 11) is 2.17. The van der Waals surface area contributed by atoms with Gasteiger partial charge in [0, 0.05) is 39.8 Å². The number of anilines is 2. The summed E-state index contributed by atoms with van der Waals surface area (Å²) in [5.74, 6) is 1.13. The number of likely N-dealkylation sites (N-methyl/N-ethyl adjacent to an activating group) is 1. The van der Waals surface area contributed by atoms with Gasteiger partial charge in [-0.15, -0.1) is 0 Å². The van der Waals surface area contributed by atoms with Gasteiger partial charge in [0.05, 0.1) is 11.4 Å². The molecule has 1 fully saturated rings. The van der Waals surface area contributed by atoms with E-state index in [2.05, 4.69) is 65.3 Å². The maximum Gasteiger partial charge on any atom is 0.198 e. The average molecular weight is 489 g/mol. The summed E-state index contributed by atoms with van der Waals surface area (Å²) in [5, 5.41) is 3.15. The largest absolute Gasteiger partial charge is 0.492 e. The van der Waals surface area contributed by atoms with Gasteiger partial charge in [-0.05, 0) is 92.0 Å². The van der Waals surface area contributed by atoms with Gasteiger partial charge in [-0.3, -0.25) is 4.90 Å². The first-order valence-corrected chi connectivity index (χ1v) is 12.5. The molecule has 0 atom stereocenters. The van der Waals surface area contributed by atoms with Crippen LogP contribution in [0.3, 0.4) is 0 Å². The van der Waals surface area contributed by atoms with E-state index in [1.807, 2.05) is 37.3 Å². The van der Waals surface area contributed by atoms with Crippen LogP contribution < -0.4 is 21.5 Å². The predicted molar refractivity (Wildman–Crippen MR) is 153 cm³/mol. The smallest absolute Gasteiger partial charge is 0.198 e. The van der Waals surface area contributed by atoms with Crippen LogP contribution in [0.15, 0.2) is 59.6 Å². The molecule has 0 saturated carbocycles. The van der Waals surface area contributed by atoms with E-state index in [1.54, 1.807) is 0 Å². The summed E-state index contributed by atoms with van der Waals surface area (Å²) >= 11 is 0. The second kappa shape index (κ2) is 11.5. The molecule has 36 heavy (non-hydrogen) atoms. The van der Waals surface area contributed by atoms with Gasteiger partial charge in [-0.25, -0.2) is 4.99 Å². The molecule has 0 aromatic heterocycles. The van der Waals surface area contributed by atoms with E-state index < -0.39 is 0 Å². The molecule has 1 aliphatic rings. The van der Waals surface area contributed by atoms with Gasteiger partial charge in [-0.1, -0.05) is 18.2 Å². The van der Waals surface area contributed by atoms with Crippen LogP contribution in [-0.4, -0.2) is 62.1 Å². The minimum atomic E-state index is 0. The van der Waals surface area contributed by atoms with Crippen molar-refractivity contribution in [3.05, 3.63) is 71.3 Å². The van der Waals surface area contributed by atoms with Crippen molar-refractivity contribution in [2.75, 3.05) is 57.4 Å². The lowest BCUT2D eigenvalue weighted by Crippen LogP contribution is -2.45. The number of ether oxygens (including phenoxy) is 1. The van der Waals surface area contributed by atoms with E-state index in [-0.39, 0.29) is 7.39 Å². The first kappa shape index (κ1) is 25.5. The number of nitrogens with two attached hydrogens (primary N) is 2. The van der Waals surface area contributed by atoms with Gasteiger partial charge < -0.3 is 26.4 Å². The number of hydrogen-bond acceptors (Lipinski definition) is 5. The van der Waals surface area contributed by atoms with Gasteiger partial charge in [0.1, 0.15) is 12.4 Å². The Morgan fingerprint density at radius 1 is 0.972 bits per heavy atom. The monoisotopic (exact) mass is 488 g/mol. The molecule has 3 aromatic carbocycles. The van der Waals surface area contributed by atoms with E-state index in [0.717, 1.165) is 55.3 Å². The zero-order valence-electron chi connectivity index (χ0n) is 21.8. The Bertz CT molecular complexity index is 1180. The zero-order valence-corrected chi connectivity index (χ0v) is 21.8. The number of guanidine groups is 1. The van der Waals surface area contributed by atoms with Gasteiger partial charge in [-0.2, -0.15) is 0 Å². The van der Waals surface area contributed by atoms with Crippen molar-refractivity contribution in [3.63, 3.8) is 0 Å². The van der Waals surface area contributed by atoms with Gasteiger partial charge in [0.15, 0.2) is 5.96 Å². The van der Waals surface area contributed by atoms with Crippen molar-refractivity contribution < 1.29 is 6.16 Å². The number of rotatable bonds is 7. The van der Waals surface area contributed by atoms with Crippen LogP contribution in [0.4, 0.5) is 17.1 Å². The third kappa shape index (κ3) is 6.36. The van der Waals surface area contributed by atoms with Crippen LogP contribution in [-0.2, 0) is 0 Å². The summed E-state index contributed by atoms with van der Waals surface area (Å²) in [6.45, 7) is 12.3. The summed E-state index contributed by atoms with van der Waals surface area (Å²) in [6.07, 6.45) is 0. The van der Waals surface area contributed by atoms with Crippen LogP contribution in [0, 0.1) is 20.8 Å². The number of nitrogens with zero attached hydrogens (tertiary/aromatic N) is 3. The Hall–Kier alpha value is -3.55. The Morgan fingerprint density at radius 2 is 1.64 bits per heavy atom. The van der Waals surface area contributed by atoms with Crippen LogP contribution in [0.25, 0.3) is 11.1 Å². The lowest BCUT2D eigenvalue weighted by Gasteiger charge is -2.32. The molecular weight excluding hydrogens is 448 g/mol. The molecule has 192 valence electrons. The summed E-state index contributed by atoms with van der Waals surface area (Å²) in [4.78, 5) is 9.38. The van der Waals surface area contributed by atoms with Crippen molar-refractivity contribution in [3.8, 4) is 16.9 Å². The van der Waals surface area contributed by atoms with Gasteiger partial charge in [0.2, 0.25) is 0 Å². The van der Waals surface area contributed by atoms with E-state index >= 15 is 0 Å². The Kier molecular flexibility index (Phi) is 8.13. The maximum absolute atomic E-state index is 6.42. The molecule has 4 rings (SSSR count). The van der Waals surface area contributed by atoms with Crippen molar-refractivity contribution in [1.82, 2.24) is 9.80 Å². The number of nitrogens with one attached hydrogen (secondary N) is 1. The van der Waals surface area contributed by atoms with E-state index in [1.165, 1.54) is 16.7 Å². The topological polar surface area (TPSA) is 92.1 Å². The molecular formula is C29H40N6O. The van der Waals surface area contributed by atoms with E-state index in [4.69, 9.17) is 16.2 Å².